The highest BCUT2D eigenvalue weighted by molar-refractivity contribution is 4.96. The van der Waals surface area contributed by atoms with Crippen molar-refractivity contribution in [3.8, 4) is 0 Å². The van der Waals surface area contributed by atoms with Crippen LogP contribution in [0.2, 0.25) is 0 Å². The van der Waals surface area contributed by atoms with Crippen LogP contribution in [0.1, 0.15) is 58.8 Å². The molecule has 2 heteroatoms. The number of hydrogen-bond donors (Lipinski definition) is 1. The summed E-state index contributed by atoms with van der Waals surface area (Å²) in [7, 11) is 0. The van der Waals surface area contributed by atoms with Crippen LogP contribution in [0.5, 0.6) is 0 Å². The van der Waals surface area contributed by atoms with Crippen molar-refractivity contribution < 1.29 is 4.74 Å². The molecule has 2 aliphatic rings. The minimum Gasteiger partial charge on any atom is -0.386 e. The van der Waals surface area contributed by atoms with Gasteiger partial charge in [0.1, 0.15) is 0 Å². The fourth-order valence-corrected chi connectivity index (χ4v) is 3.20. The fourth-order valence-electron chi connectivity index (χ4n) is 3.20. The Morgan fingerprint density at radius 2 is 1.88 bits per heavy atom. The highest BCUT2D eigenvalue weighted by atomic mass is 16.5. The van der Waals surface area contributed by atoms with E-state index in [1.807, 2.05) is 0 Å². The molecule has 0 radical (unpaired) electrons. The molecule has 2 atom stereocenters. The van der Waals surface area contributed by atoms with E-state index >= 15 is 0 Å². The monoisotopic (exact) mass is 237 g/mol. The van der Waals surface area contributed by atoms with Crippen LogP contribution >= 0.6 is 0 Å². The van der Waals surface area contributed by atoms with E-state index in [-0.39, 0.29) is 0 Å². The number of ether oxygens (including phenoxy) is 1. The summed E-state index contributed by atoms with van der Waals surface area (Å²) in [4.78, 5) is 0. The van der Waals surface area contributed by atoms with Gasteiger partial charge in [-0.3, -0.25) is 0 Å². The normalized spacial score (nSPS) is 28.1. The SMILES string of the molecule is CC(C)OC(C1CCCCC1)C1CCC=CN1. The Kier molecular flexibility index (Phi) is 4.90. The lowest BCUT2D eigenvalue weighted by atomic mass is 9.81. The second-order valence-electron chi connectivity index (χ2n) is 5.80. The first-order valence-corrected chi connectivity index (χ1v) is 7.34. The largest absolute Gasteiger partial charge is 0.386 e. The third-order valence-electron chi connectivity index (χ3n) is 4.01. The predicted octanol–water partition coefficient (Wildman–Crippen LogP) is 3.63. The minimum absolute atomic E-state index is 0.342. The molecule has 2 nitrogen and oxygen atoms in total. The Morgan fingerprint density at radius 3 is 2.47 bits per heavy atom. The van der Waals surface area contributed by atoms with E-state index in [4.69, 9.17) is 4.74 Å². The molecule has 0 bridgehead atoms. The van der Waals surface area contributed by atoms with Crippen LogP contribution in [0, 0.1) is 5.92 Å². The highest BCUT2D eigenvalue weighted by Gasteiger charge is 2.31. The molecule has 0 saturated heterocycles. The van der Waals surface area contributed by atoms with E-state index < -0.39 is 0 Å². The Bertz CT molecular complexity index is 243. The average molecular weight is 237 g/mol. The summed E-state index contributed by atoms with van der Waals surface area (Å²) >= 11 is 0. The smallest absolute Gasteiger partial charge is 0.0807 e. The molecule has 2 unspecified atom stereocenters. The van der Waals surface area contributed by atoms with E-state index in [9.17, 15) is 0 Å². The molecule has 1 N–H and O–H groups in total. The molecule has 98 valence electrons. The lowest BCUT2D eigenvalue weighted by Crippen LogP contribution is -2.46. The molecule has 0 amide bonds. The second-order valence-corrected chi connectivity index (χ2v) is 5.80. The van der Waals surface area contributed by atoms with Gasteiger partial charge in [0.15, 0.2) is 0 Å². The van der Waals surface area contributed by atoms with Crippen LogP contribution in [-0.4, -0.2) is 18.2 Å². The van der Waals surface area contributed by atoms with Crippen molar-refractivity contribution >= 4 is 0 Å². The first-order chi connectivity index (χ1) is 8.27. The Labute approximate surface area is 106 Å². The minimum atomic E-state index is 0.342. The third kappa shape index (κ3) is 3.74. The van der Waals surface area contributed by atoms with Gasteiger partial charge in [0, 0.05) is 0 Å². The number of allylic oxidation sites excluding steroid dienone is 1. The van der Waals surface area contributed by atoms with Gasteiger partial charge in [0.05, 0.1) is 18.2 Å². The maximum Gasteiger partial charge on any atom is 0.0807 e. The summed E-state index contributed by atoms with van der Waals surface area (Å²) in [5, 5.41) is 3.52. The van der Waals surface area contributed by atoms with Gasteiger partial charge in [-0.1, -0.05) is 25.3 Å². The zero-order valence-corrected chi connectivity index (χ0v) is 11.3. The Balaban J connectivity index is 1.97. The van der Waals surface area contributed by atoms with Crippen molar-refractivity contribution in [1.82, 2.24) is 5.32 Å². The van der Waals surface area contributed by atoms with E-state index in [0.717, 1.165) is 5.92 Å². The quantitative estimate of drug-likeness (QED) is 0.806. The standard InChI is InChI=1S/C15H27NO/c1-12(2)17-15(13-8-4-3-5-9-13)14-10-6-7-11-16-14/h7,11-16H,3-6,8-10H2,1-2H3. The molecular formula is C15H27NO. The van der Waals surface area contributed by atoms with Crippen LogP contribution in [-0.2, 0) is 4.74 Å². The second kappa shape index (κ2) is 6.44. The molecule has 0 spiro atoms. The van der Waals surface area contributed by atoms with Crippen molar-refractivity contribution in [3.63, 3.8) is 0 Å². The van der Waals surface area contributed by atoms with Crippen LogP contribution in [0.4, 0.5) is 0 Å². The number of nitrogens with one attached hydrogen (secondary N) is 1. The highest BCUT2D eigenvalue weighted by Crippen LogP contribution is 2.31. The van der Waals surface area contributed by atoms with Crippen LogP contribution in [0.3, 0.4) is 0 Å². The van der Waals surface area contributed by atoms with Gasteiger partial charge in [0.25, 0.3) is 0 Å². The van der Waals surface area contributed by atoms with E-state index in [2.05, 4.69) is 31.4 Å². The van der Waals surface area contributed by atoms with Gasteiger partial charge >= 0.3 is 0 Å². The molecule has 1 aliphatic heterocycles. The molecule has 1 heterocycles. The predicted molar refractivity (Wildman–Crippen MR) is 71.9 cm³/mol. The lowest BCUT2D eigenvalue weighted by Gasteiger charge is -2.38. The van der Waals surface area contributed by atoms with Gasteiger partial charge in [0.2, 0.25) is 0 Å². The number of rotatable bonds is 4. The zero-order chi connectivity index (χ0) is 12.1. The zero-order valence-electron chi connectivity index (χ0n) is 11.3. The van der Waals surface area contributed by atoms with Crippen LogP contribution in [0.15, 0.2) is 12.3 Å². The van der Waals surface area contributed by atoms with E-state index in [1.165, 1.54) is 44.9 Å². The lowest BCUT2D eigenvalue weighted by molar-refractivity contribution is -0.0553. The molecule has 0 aromatic rings. The number of hydrogen-bond acceptors (Lipinski definition) is 2. The summed E-state index contributed by atoms with van der Waals surface area (Å²) < 4.78 is 6.23. The molecular weight excluding hydrogens is 210 g/mol. The molecule has 1 fully saturated rings. The third-order valence-corrected chi connectivity index (χ3v) is 4.01. The Hall–Kier alpha value is -0.500. The molecule has 0 aromatic carbocycles. The maximum atomic E-state index is 6.23. The molecule has 1 saturated carbocycles. The van der Waals surface area contributed by atoms with Gasteiger partial charge in [-0.25, -0.2) is 0 Å². The van der Waals surface area contributed by atoms with Crippen molar-refractivity contribution in [2.24, 2.45) is 5.92 Å². The van der Waals surface area contributed by atoms with Gasteiger partial charge in [-0.05, 0) is 51.6 Å². The van der Waals surface area contributed by atoms with Crippen molar-refractivity contribution in [3.05, 3.63) is 12.3 Å². The molecule has 0 aromatic heterocycles. The maximum absolute atomic E-state index is 6.23. The average Bonchev–Trinajstić information content (AvgIpc) is 2.38. The topological polar surface area (TPSA) is 21.3 Å². The van der Waals surface area contributed by atoms with Gasteiger partial charge in [-0.2, -0.15) is 0 Å². The first-order valence-electron chi connectivity index (χ1n) is 7.34. The van der Waals surface area contributed by atoms with E-state index in [1.54, 1.807) is 0 Å². The van der Waals surface area contributed by atoms with Crippen LogP contribution in [0.25, 0.3) is 0 Å². The summed E-state index contributed by atoms with van der Waals surface area (Å²) in [5.41, 5.74) is 0. The van der Waals surface area contributed by atoms with Gasteiger partial charge < -0.3 is 10.1 Å². The molecule has 1 aliphatic carbocycles. The Morgan fingerprint density at radius 1 is 1.12 bits per heavy atom. The van der Waals surface area contributed by atoms with Crippen molar-refractivity contribution in [2.75, 3.05) is 0 Å². The van der Waals surface area contributed by atoms with E-state index in [0.29, 0.717) is 18.2 Å². The van der Waals surface area contributed by atoms with Crippen molar-refractivity contribution in [1.29, 1.82) is 0 Å². The molecule has 2 rings (SSSR count). The summed E-state index contributed by atoms with van der Waals surface area (Å²) in [6.07, 6.45) is 14.5. The summed E-state index contributed by atoms with van der Waals surface area (Å²) in [6.45, 7) is 4.32. The van der Waals surface area contributed by atoms with Crippen molar-refractivity contribution in [2.45, 2.75) is 77.0 Å². The fraction of sp³-hybridized carbons (Fsp3) is 0.867. The van der Waals surface area contributed by atoms with Crippen LogP contribution < -0.4 is 5.32 Å². The van der Waals surface area contributed by atoms with Gasteiger partial charge in [-0.15, -0.1) is 0 Å². The first kappa shape index (κ1) is 12.9. The summed E-state index contributed by atoms with van der Waals surface area (Å²) in [6, 6.07) is 0.533. The summed E-state index contributed by atoms with van der Waals surface area (Å²) in [5.74, 6) is 0.773. The molecule has 17 heavy (non-hydrogen) atoms.